The highest BCUT2D eigenvalue weighted by molar-refractivity contribution is 5.84. The van der Waals surface area contributed by atoms with E-state index in [0.29, 0.717) is 5.65 Å². The van der Waals surface area contributed by atoms with Crippen LogP contribution in [-0.2, 0) is 11.3 Å². The minimum atomic E-state index is -0.292. The second-order valence-corrected chi connectivity index (χ2v) is 7.65. The topological polar surface area (TPSA) is 68.8 Å². The van der Waals surface area contributed by atoms with E-state index in [4.69, 9.17) is 4.74 Å². The summed E-state index contributed by atoms with van der Waals surface area (Å²) in [7, 11) is 3.46. The molecule has 2 aromatic heterocycles. The summed E-state index contributed by atoms with van der Waals surface area (Å²) >= 11 is 0. The molecule has 1 aliphatic rings. The first kappa shape index (κ1) is 18.5. The standard InChI is InChI=1S/C21H26N4O3/c1-14-11-15-12-17(28-3)9-10-18(15)25-20(14)22-24(21(25)27)13-19(26)23(2)16-7-5-4-6-8-16/h9-12,16H,4-8,13H2,1-3H3. The lowest BCUT2D eigenvalue weighted by molar-refractivity contribution is -0.133. The smallest absolute Gasteiger partial charge is 0.351 e. The second-order valence-electron chi connectivity index (χ2n) is 7.65. The lowest BCUT2D eigenvalue weighted by atomic mass is 9.94. The van der Waals surface area contributed by atoms with Gasteiger partial charge in [0, 0.05) is 18.5 Å². The largest absolute Gasteiger partial charge is 0.497 e. The average molecular weight is 382 g/mol. The van der Waals surface area contributed by atoms with Gasteiger partial charge in [-0.1, -0.05) is 19.3 Å². The molecule has 0 atom stereocenters. The molecule has 0 aliphatic heterocycles. The third-order valence-corrected chi connectivity index (χ3v) is 5.84. The van der Waals surface area contributed by atoms with E-state index in [-0.39, 0.29) is 24.2 Å². The number of fused-ring (bicyclic) bond motifs is 3. The molecule has 0 spiro atoms. The van der Waals surface area contributed by atoms with Crippen molar-refractivity contribution in [3.63, 3.8) is 0 Å². The first-order valence-electron chi connectivity index (χ1n) is 9.82. The summed E-state index contributed by atoms with van der Waals surface area (Å²) < 4.78 is 8.15. The fraction of sp³-hybridized carbons (Fsp3) is 0.476. The number of rotatable bonds is 4. The van der Waals surface area contributed by atoms with Crippen LogP contribution in [0.4, 0.5) is 0 Å². The third kappa shape index (κ3) is 3.15. The Hall–Kier alpha value is -2.83. The van der Waals surface area contributed by atoms with Crippen molar-refractivity contribution < 1.29 is 9.53 Å². The molecule has 0 unspecified atom stereocenters. The predicted molar refractivity (Wildman–Crippen MR) is 108 cm³/mol. The molecular formula is C21H26N4O3. The number of carbonyl (C=O) groups is 1. The zero-order valence-corrected chi connectivity index (χ0v) is 16.6. The van der Waals surface area contributed by atoms with Crippen LogP contribution in [-0.4, -0.2) is 45.2 Å². The molecule has 1 amide bonds. The van der Waals surface area contributed by atoms with E-state index in [1.54, 1.807) is 16.4 Å². The zero-order valence-electron chi connectivity index (χ0n) is 16.6. The minimum absolute atomic E-state index is 0.0371. The summed E-state index contributed by atoms with van der Waals surface area (Å²) in [5.74, 6) is 0.664. The van der Waals surface area contributed by atoms with Crippen LogP contribution in [0.25, 0.3) is 16.6 Å². The molecule has 0 radical (unpaired) electrons. The van der Waals surface area contributed by atoms with Crippen molar-refractivity contribution in [2.75, 3.05) is 14.2 Å². The van der Waals surface area contributed by atoms with Gasteiger partial charge in [0.05, 0.1) is 12.6 Å². The lowest BCUT2D eigenvalue weighted by Crippen LogP contribution is -2.41. The number of hydrogen-bond acceptors (Lipinski definition) is 4. The van der Waals surface area contributed by atoms with E-state index in [9.17, 15) is 9.59 Å². The van der Waals surface area contributed by atoms with Crippen molar-refractivity contribution >= 4 is 22.5 Å². The number of hydrogen-bond donors (Lipinski definition) is 0. The Morgan fingerprint density at radius 3 is 2.71 bits per heavy atom. The maximum atomic E-state index is 13.0. The third-order valence-electron chi connectivity index (χ3n) is 5.84. The Kier molecular flexibility index (Phi) is 4.83. The van der Waals surface area contributed by atoms with Gasteiger partial charge in [-0.25, -0.2) is 13.9 Å². The van der Waals surface area contributed by atoms with E-state index in [1.165, 1.54) is 11.1 Å². The fourth-order valence-corrected chi connectivity index (χ4v) is 4.17. The van der Waals surface area contributed by atoms with Crippen LogP contribution in [0.1, 0.15) is 37.7 Å². The molecule has 1 aliphatic carbocycles. The van der Waals surface area contributed by atoms with Crippen LogP contribution in [0.2, 0.25) is 0 Å². The van der Waals surface area contributed by atoms with E-state index in [2.05, 4.69) is 5.10 Å². The van der Waals surface area contributed by atoms with Crippen LogP contribution < -0.4 is 10.4 Å². The SMILES string of the molecule is COc1ccc2c(c1)cc(C)c1nn(CC(=O)N(C)C3CCCCC3)c(=O)n12. The monoisotopic (exact) mass is 382 g/mol. The first-order chi connectivity index (χ1) is 13.5. The number of ether oxygens (including phenoxy) is 1. The number of aromatic nitrogens is 3. The number of nitrogens with zero attached hydrogens (tertiary/aromatic N) is 4. The Balaban J connectivity index is 1.71. The predicted octanol–water partition coefficient (Wildman–Crippen LogP) is 2.76. The van der Waals surface area contributed by atoms with Gasteiger partial charge in [0.2, 0.25) is 5.91 Å². The van der Waals surface area contributed by atoms with Gasteiger partial charge in [-0.3, -0.25) is 4.79 Å². The molecule has 1 saturated carbocycles. The van der Waals surface area contributed by atoms with Crippen molar-refractivity contribution in [1.82, 2.24) is 19.1 Å². The number of methoxy groups -OCH3 is 1. The number of likely N-dealkylation sites (N-methyl/N-ethyl adjacent to an activating group) is 1. The highest BCUT2D eigenvalue weighted by Crippen LogP contribution is 2.24. The van der Waals surface area contributed by atoms with E-state index >= 15 is 0 Å². The summed E-state index contributed by atoms with van der Waals surface area (Å²) in [6.07, 6.45) is 5.62. The number of pyridine rings is 1. The van der Waals surface area contributed by atoms with Crippen LogP contribution in [0, 0.1) is 6.92 Å². The zero-order chi connectivity index (χ0) is 19.8. The van der Waals surface area contributed by atoms with Gasteiger partial charge in [0.15, 0.2) is 5.65 Å². The van der Waals surface area contributed by atoms with E-state index < -0.39 is 0 Å². The van der Waals surface area contributed by atoms with Gasteiger partial charge in [0.1, 0.15) is 12.3 Å². The Bertz CT molecular complexity index is 1090. The van der Waals surface area contributed by atoms with Crippen molar-refractivity contribution in [1.29, 1.82) is 0 Å². The Morgan fingerprint density at radius 2 is 2.00 bits per heavy atom. The van der Waals surface area contributed by atoms with Crippen LogP contribution in [0.3, 0.4) is 0 Å². The molecule has 28 heavy (non-hydrogen) atoms. The molecule has 3 aromatic rings. The summed E-state index contributed by atoms with van der Waals surface area (Å²) in [5.41, 5.74) is 1.92. The number of amides is 1. The molecule has 4 rings (SSSR count). The molecule has 2 heterocycles. The summed E-state index contributed by atoms with van der Waals surface area (Å²) in [4.78, 5) is 27.6. The highest BCUT2D eigenvalue weighted by atomic mass is 16.5. The summed E-state index contributed by atoms with van der Waals surface area (Å²) in [6, 6.07) is 7.82. The van der Waals surface area contributed by atoms with Crippen molar-refractivity contribution in [3.8, 4) is 5.75 Å². The highest BCUT2D eigenvalue weighted by Gasteiger charge is 2.23. The Labute approximate surface area is 163 Å². The number of carbonyl (C=O) groups excluding carboxylic acids is 1. The van der Waals surface area contributed by atoms with Crippen molar-refractivity contribution in [2.45, 2.75) is 51.6 Å². The van der Waals surface area contributed by atoms with Gasteiger partial charge in [-0.2, -0.15) is 0 Å². The maximum Gasteiger partial charge on any atom is 0.351 e. The van der Waals surface area contributed by atoms with Gasteiger partial charge in [-0.15, -0.1) is 5.10 Å². The normalized spacial score (nSPS) is 15.2. The molecule has 0 bridgehead atoms. The average Bonchev–Trinajstić information content (AvgIpc) is 3.04. The second kappa shape index (κ2) is 7.30. The number of aryl methyl sites for hydroxylation is 1. The van der Waals surface area contributed by atoms with Crippen LogP contribution in [0.5, 0.6) is 5.75 Å². The van der Waals surface area contributed by atoms with Gasteiger partial charge < -0.3 is 9.64 Å². The molecular weight excluding hydrogens is 356 g/mol. The molecule has 1 aromatic carbocycles. The van der Waals surface area contributed by atoms with E-state index in [0.717, 1.165) is 47.9 Å². The summed E-state index contributed by atoms with van der Waals surface area (Å²) in [5, 5.41) is 5.36. The molecule has 148 valence electrons. The minimum Gasteiger partial charge on any atom is -0.497 e. The summed E-state index contributed by atoms with van der Waals surface area (Å²) in [6.45, 7) is 1.88. The quantitative estimate of drug-likeness (QED) is 0.696. The lowest BCUT2D eigenvalue weighted by Gasteiger charge is -2.31. The fourth-order valence-electron chi connectivity index (χ4n) is 4.17. The molecule has 0 N–H and O–H groups in total. The molecule has 7 nitrogen and oxygen atoms in total. The van der Waals surface area contributed by atoms with Crippen LogP contribution >= 0.6 is 0 Å². The Morgan fingerprint density at radius 1 is 1.25 bits per heavy atom. The van der Waals surface area contributed by atoms with Crippen molar-refractivity contribution in [3.05, 3.63) is 40.3 Å². The van der Waals surface area contributed by atoms with Gasteiger partial charge in [0.25, 0.3) is 0 Å². The molecule has 0 saturated heterocycles. The molecule has 1 fully saturated rings. The first-order valence-corrected chi connectivity index (χ1v) is 9.82. The molecule has 7 heteroatoms. The van der Waals surface area contributed by atoms with Crippen molar-refractivity contribution in [2.24, 2.45) is 0 Å². The van der Waals surface area contributed by atoms with Gasteiger partial charge in [-0.05, 0) is 49.6 Å². The van der Waals surface area contributed by atoms with Crippen LogP contribution in [0.15, 0.2) is 29.1 Å². The number of benzene rings is 1. The van der Waals surface area contributed by atoms with E-state index in [1.807, 2.05) is 38.2 Å². The maximum absolute atomic E-state index is 13.0. The van der Waals surface area contributed by atoms with Gasteiger partial charge >= 0.3 is 5.69 Å².